The summed E-state index contributed by atoms with van der Waals surface area (Å²) < 4.78 is 1.82. The Bertz CT molecular complexity index is 656. The Hall–Kier alpha value is -2.37. The minimum Gasteiger partial charge on any atom is -0.369 e. The summed E-state index contributed by atoms with van der Waals surface area (Å²) in [5.74, 6) is -0.379. The first kappa shape index (κ1) is 12.7. The number of amides is 2. The zero-order valence-electron chi connectivity index (χ0n) is 11.0. The number of carbonyl (C=O) groups is 2. The summed E-state index contributed by atoms with van der Waals surface area (Å²) in [4.78, 5) is 29.5. The van der Waals surface area contributed by atoms with Crippen LogP contribution in [0.5, 0.6) is 0 Å². The van der Waals surface area contributed by atoms with Crippen molar-refractivity contribution in [3.05, 3.63) is 36.3 Å². The number of hydrogen-bond donors (Lipinski definition) is 1. The Morgan fingerprint density at radius 2 is 2.00 bits per heavy atom. The van der Waals surface area contributed by atoms with Gasteiger partial charge >= 0.3 is 0 Å². The molecule has 6 nitrogen and oxygen atoms in total. The smallest absolute Gasteiger partial charge is 0.255 e. The van der Waals surface area contributed by atoms with E-state index >= 15 is 0 Å². The number of nitrogens with two attached hydrogens (primary N) is 1. The number of piperidine rings is 1. The highest BCUT2D eigenvalue weighted by Gasteiger charge is 2.26. The molecule has 0 atom stereocenters. The second kappa shape index (κ2) is 4.96. The molecule has 0 radical (unpaired) electrons. The number of primary amides is 1. The Morgan fingerprint density at radius 1 is 1.25 bits per heavy atom. The van der Waals surface area contributed by atoms with E-state index in [9.17, 15) is 9.59 Å². The highest BCUT2D eigenvalue weighted by molar-refractivity contribution is 5.94. The lowest BCUT2D eigenvalue weighted by Crippen LogP contribution is -2.41. The predicted octanol–water partition coefficient (Wildman–Crippen LogP) is 0.672. The average Bonchev–Trinajstić information content (AvgIpc) is 2.94. The molecule has 104 valence electrons. The van der Waals surface area contributed by atoms with E-state index in [-0.39, 0.29) is 17.7 Å². The molecule has 1 fully saturated rings. The van der Waals surface area contributed by atoms with Crippen molar-refractivity contribution in [1.29, 1.82) is 0 Å². The van der Waals surface area contributed by atoms with Crippen LogP contribution < -0.4 is 5.73 Å². The predicted molar refractivity (Wildman–Crippen MR) is 73.0 cm³/mol. The van der Waals surface area contributed by atoms with Gasteiger partial charge in [0, 0.05) is 37.6 Å². The Morgan fingerprint density at radius 3 is 2.70 bits per heavy atom. The van der Waals surface area contributed by atoms with Crippen LogP contribution in [0.25, 0.3) is 5.65 Å². The lowest BCUT2D eigenvalue weighted by Gasteiger charge is -2.30. The van der Waals surface area contributed by atoms with Gasteiger partial charge in [0.1, 0.15) is 5.65 Å². The lowest BCUT2D eigenvalue weighted by atomic mass is 9.96. The molecule has 1 aliphatic rings. The van der Waals surface area contributed by atoms with Crippen LogP contribution in [0, 0.1) is 5.92 Å². The summed E-state index contributed by atoms with van der Waals surface area (Å²) in [6, 6.07) is 3.61. The van der Waals surface area contributed by atoms with Crippen LogP contribution in [0.2, 0.25) is 0 Å². The molecule has 1 saturated heterocycles. The van der Waals surface area contributed by atoms with Crippen molar-refractivity contribution >= 4 is 17.5 Å². The molecule has 20 heavy (non-hydrogen) atoms. The summed E-state index contributed by atoms with van der Waals surface area (Å²) in [7, 11) is 0. The minimum absolute atomic E-state index is 0.0106. The number of likely N-dealkylation sites (tertiary alicyclic amines) is 1. The third-order valence-corrected chi connectivity index (χ3v) is 3.82. The van der Waals surface area contributed by atoms with E-state index in [1.807, 2.05) is 16.7 Å². The van der Waals surface area contributed by atoms with Crippen LogP contribution in [0.4, 0.5) is 0 Å². The Kier molecular flexibility index (Phi) is 3.14. The number of rotatable bonds is 2. The van der Waals surface area contributed by atoms with E-state index in [1.54, 1.807) is 23.4 Å². The minimum atomic E-state index is -0.267. The van der Waals surface area contributed by atoms with Crippen molar-refractivity contribution in [1.82, 2.24) is 14.3 Å². The highest BCUT2D eigenvalue weighted by atomic mass is 16.2. The van der Waals surface area contributed by atoms with Crippen LogP contribution in [-0.4, -0.2) is 39.2 Å². The number of fused-ring (bicyclic) bond motifs is 1. The van der Waals surface area contributed by atoms with E-state index in [4.69, 9.17) is 5.73 Å². The summed E-state index contributed by atoms with van der Waals surface area (Å²) in [6.45, 7) is 1.16. The molecule has 3 heterocycles. The number of carbonyl (C=O) groups excluding carboxylic acids is 2. The normalized spacial score (nSPS) is 16.5. The molecule has 0 saturated carbocycles. The number of aromatic nitrogens is 2. The van der Waals surface area contributed by atoms with E-state index in [0.717, 1.165) is 5.65 Å². The molecule has 2 amide bonds. The monoisotopic (exact) mass is 272 g/mol. The first-order chi connectivity index (χ1) is 9.65. The maximum absolute atomic E-state index is 12.4. The third-order valence-electron chi connectivity index (χ3n) is 3.82. The summed E-state index contributed by atoms with van der Waals surface area (Å²) >= 11 is 0. The molecule has 6 heteroatoms. The first-order valence-electron chi connectivity index (χ1n) is 6.66. The third kappa shape index (κ3) is 2.24. The van der Waals surface area contributed by atoms with Crippen LogP contribution in [0.1, 0.15) is 23.2 Å². The standard InChI is InChI=1S/C14H16N4O2/c15-13(19)10-3-6-17(7-4-10)14(20)11-1-2-12-16-5-8-18(12)9-11/h1-2,5,8-10H,3-4,6-7H2,(H2,15,19). The first-order valence-corrected chi connectivity index (χ1v) is 6.66. The fourth-order valence-electron chi connectivity index (χ4n) is 2.60. The molecule has 2 N–H and O–H groups in total. The van der Waals surface area contributed by atoms with E-state index in [0.29, 0.717) is 31.5 Å². The van der Waals surface area contributed by atoms with Crippen molar-refractivity contribution < 1.29 is 9.59 Å². The number of imidazole rings is 1. The maximum Gasteiger partial charge on any atom is 0.255 e. The van der Waals surface area contributed by atoms with Crippen molar-refractivity contribution in [2.75, 3.05) is 13.1 Å². The summed E-state index contributed by atoms with van der Waals surface area (Å²) in [5.41, 5.74) is 6.74. The second-order valence-electron chi connectivity index (χ2n) is 5.08. The molecule has 3 rings (SSSR count). The largest absolute Gasteiger partial charge is 0.369 e. The van der Waals surface area contributed by atoms with Gasteiger partial charge < -0.3 is 15.0 Å². The van der Waals surface area contributed by atoms with Gasteiger partial charge in [-0.2, -0.15) is 0 Å². The van der Waals surface area contributed by atoms with Crippen LogP contribution in [0.15, 0.2) is 30.7 Å². The zero-order chi connectivity index (χ0) is 14.1. The van der Waals surface area contributed by atoms with Crippen molar-refractivity contribution in [2.24, 2.45) is 11.7 Å². The van der Waals surface area contributed by atoms with Gasteiger partial charge in [-0.25, -0.2) is 4.98 Å². The van der Waals surface area contributed by atoms with Crippen LogP contribution >= 0.6 is 0 Å². The maximum atomic E-state index is 12.4. The van der Waals surface area contributed by atoms with Gasteiger partial charge in [0.05, 0.1) is 5.56 Å². The average molecular weight is 272 g/mol. The summed E-state index contributed by atoms with van der Waals surface area (Å²) in [5, 5.41) is 0. The molecule has 2 aromatic heterocycles. The van der Waals surface area contributed by atoms with Gasteiger partial charge in [0.15, 0.2) is 0 Å². The van der Waals surface area contributed by atoms with E-state index in [2.05, 4.69) is 4.98 Å². The van der Waals surface area contributed by atoms with Gasteiger partial charge in [-0.3, -0.25) is 9.59 Å². The topological polar surface area (TPSA) is 80.7 Å². The van der Waals surface area contributed by atoms with E-state index in [1.165, 1.54) is 0 Å². The van der Waals surface area contributed by atoms with Crippen LogP contribution in [-0.2, 0) is 4.79 Å². The molecule has 0 aromatic carbocycles. The molecule has 2 aromatic rings. The quantitative estimate of drug-likeness (QED) is 0.872. The van der Waals surface area contributed by atoms with Crippen molar-refractivity contribution in [2.45, 2.75) is 12.8 Å². The SMILES string of the molecule is NC(=O)C1CCN(C(=O)c2ccc3nccn3c2)CC1. The van der Waals surface area contributed by atoms with Crippen LogP contribution in [0.3, 0.4) is 0 Å². The zero-order valence-corrected chi connectivity index (χ0v) is 11.0. The molecule has 1 aliphatic heterocycles. The van der Waals surface area contributed by atoms with Gasteiger partial charge in [-0.05, 0) is 25.0 Å². The fraction of sp³-hybridized carbons (Fsp3) is 0.357. The van der Waals surface area contributed by atoms with Crippen molar-refractivity contribution in [3.63, 3.8) is 0 Å². The summed E-state index contributed by atoms with van der Waals surface area (Å²) in [6.07, 6.45) is 6.58. The number of pyridine rings is 1. The van der Waals surface area contributed by atoms with E-state index < -0.39 is 0 Å². The molecule has 0 unspecified atom stereocenters. The molecule has 0 aliphatic carbocycles. The lowest BCUT2D eigenvalue weighted by molar-refractivity contribution is -0.123. The molecular formula is C14H16N4O2. The van der Waals surface area contributed by atoms with Gasteiger partial charge in [0.2, 0.25) is 5.91 Å². The Labute approximate surface area is 116 Å². The Balaban J connectivity index is 1.74. The fourth-order valence-corrected chi connectivity index (χ4v) is 2.60. The molecular weight excluding hydrogens is 256 g/mol. The van der Waals surface area contributed by atoms with Crippen molar-refractivity contribution in [3.8, 4) is 0 Å². The van der Waals surface area contributed by atoms with Gasteiger partial charge in [-0.1, -0.05) is 0 Å². The van der Waals surface area contributed by atoms with Gasteiger partial charge in [-0.15, -0.1) is 0 Å². The number of hydrogen-bond acceptors (Lipinski definition) is 3. The van der Waals surface area contributed by atoms with Gasteiger partial charge in [0.25, 0.3) is 5.91 Å². The highest BCUT2D eigenvalue weighted by Crippen LogP contribution is 2.18. The number of nitrogens with zero attached hydrogens (tertiary/aromatic N) is 3. The molecule has 0 bridgehead atoms. The molecule has 0 spiro atoms. The second-order valence-corrected chi connectivity index (χ2v) is 5.08.